The molecule has 36 heavy (non-hydrogen) atoms. The van der Waals surface area contributed by atoms with Gasteiger partial charge in [-0.05, 0) is 42.0 Å². The molecule has 5 rings (SSSR count). The molecule has 2 aromatic carbocycles. The van der Waals surface area contributed by atoms with Crippen LogP contribution in [0, 0.1) is 0 Å². The maximum atomic E-state index is 12.9. The lowest BCUT2D eigenvalue weighted by molar-refractivity contribution is 0.102. The van der Waals surface area contributed by atoms with Crippen LogP contribution in [0.2, 0.25) is 0 Å². The molecule has 0 atom stereocenters. The molecule has 0 aliphatic heterocycles. The van der Waals surface area contributed by atoms with Crippen molar-refractivity contribution in [2.45, 2.75) is 6.42 Å². The second-order valence-corrected chi connectivity index (χ2v) is 8.77. The third kappa shape index (κ3) is 5.37. The number of anilines is 1. The number of aromatic nitrogens is 4. The average molecular weight is 496 g/mol. The van der Waals surface area contributed by atoms with Crippen LogP contribution in [-0.4, -0.2) is 33.0 Å². The molecular weight excluding hydrogens is 474 g/mol. The molecule has 0 unspecified atom stereocenters. The van der Waals surface area contributed by atoms with Crippen molar-refractivity contribution in [3.05, 3.63) is 112 Å². The van der Waals surface area contributed by atoms with Crippen LogP contribution in [0.1, 0.15) is 21.9 Å². The highest BCUT2D eigenvalue weighted by Gasteiger charge is 2.13. The van der Waals surface area contributed by atoms with E-state index in [4.69, 9.17) is 9.72 Å². The maximum Gasteiger partial charge on any atom is 0.274 e. The number of thiazole rings is 1. The van der Waals surface area contributed by atoms with Crippen LogP contribution in [-0.2, 0) is 6.42 Å². The summed E-state index contributed by atoms with van der Waals surface area (Å²) in [5.41, 5.74) is 3.83. The fourth-order valence-corrected chi connectivity index (χ4v) is 4.46. The van der Waals surface area contributed by atoms with E-state index in [-0.39, 0.29) is 5.69 Å². The molecule has 0 radical (unpaired) electrons. The fourth-order valence-electron chi connectivity index (χ4n) is 3.63. The van der Waals surface area contributed by atoms with Crippen molar-refractivity contribution in [1.82, 2.24) is 19.9 Å². The van der Waals surface area contributed by atoms with Crippen molar-refractivity contribution < 1.29 is 9.53 Å². The Labute approximate surface area is 210 Å². The number of nitrogens with one attached hydrogen (secondary N) is 2. The van der Waals surface area contributed by atoms with Crippen LogP contribution in [0.25, 0.3) is 21.8 Å². The van der Waals surface area contributed by atoms with Gasteiger partial charge in [-0.25, -0.2) is 9.97 Å². The van der Waals surface area contributed by atoms with Crippen molar-refractivity contribution >= 4 is 22.9 Å². The van der Waals surface area contributed by atoms with E-state index in [0.29, 0.717) is 17.9 Å². The molecule has 0 aliphatic rings. The van der Waals surface area contributed by atoms with E-state index in [9.17, 15) is 9.59 Å². The number of pyridine rings is 1. The summed E-state index contributed by atoms with van der Waals surface area (Å²) in [4.78, 5) is 41.0. The van der Waals surface area contributed by atoms with Gasteiger partial charge in [0.05, 0.1) is 12.8 Å². The third-order valence-electron chi connectivity index (χ3n) is 5.40. The third-order valence-corrected chi connectivity index (χ3v) is 6.29. The van der Waals surface area contributed by atoms with Gasteiger partial charge in [-0.15, -0.1) is 11.3 Å². The molecule has 0 fully saturated rings. The number of carbonyl (C=O) groups is 1. The molecule has 178 valence electrons. The zero-order valence-corrected chi connectivity index (χ0v) is 20.1. The maximum absolute atomic E-state index is 12.9. The summed E-state index contributed by atoms with van der Waals surface area (Å²) in [7, 11) is 1.60. The predicted octanol–water partition coefficient (Wildman–Crippen LogP) is 4.81. The minimum absolute atomic E-state index is 0.0429. The van der Waals surface area contributed by atoms with Gasteiger partial charge in [-0.2, -0.15) is 0 Å². The number of H-pyrrole nitrogens is 1. The van der Waals surface area contributed by atoms with E-state index in [0.717, 1.165) is 33.1 Å². The fraction of sp³-hybridized carbons (Fsp3) is 0.0741. The highest BCUT2D eigenvalue weighted by Crippen LogP contribution is 2.29. The Morgan fingerprint density at radius 1 is 1.00 bits per heavy atom. The monoisotopic (exact) mass is 495 g/mol. The van der Waals surface area contributed by atoms with Gasteiger partial charge in [-0.3, -0.25) is 14.6 Å². The van der Waals surface area contributed by atoms with E-state index in [1.54, 1.807) is 25.6 Å². The molecule has 0 saturated heterocycles. The Hall–Kier alpha value is -4.63. The minimum atomic E-state index is -0.468. The Morgan fingerprint density at radius 2 is 1.81 bits per heavy atom. The Balaban J connectivity index is 1.33. The first-order chi connectivity index (χ1) is 17.6. The van der Waals surface area contributed by atoms with Crippen molar-refractivity contribution in [2.24, 2.45) is 0 Å². The van der Waals surface area contributed by atoms with Gasteiger partial charge in [0.2, 0.25) is 0 Å². The Kier molecular flexibility index (Phi) is 6.63. The largest absolute Gasteiger partial charge is 0.497 e. The molecule has 0 saturated carbocycles. The zero-order valence-electron chi connectivity index (χ0n) is 19.3. The van der Waals surface area contributed by atoms with Gasteiger partial charge >= 0.3 is 0 Å². The molecule has 0 spiro atoms. The van der Waals surface area contributed by atoms with E-state index in [1.807, 2.05) is 60.0 Å². The van der Waals surface area contributed by atoms with E-state index >= 15 is 0 Å². The molecule has 8 nitrogen and oxygen atoms in total. The van der Waals surface area contributed by atoms with E-state index in [1.165, 1.54) is 17.4 Å². The lowest BCUT2D eigenvalue weighted by atomic mass is 10.1. The topological polar surface area (TPSA) is 110 Å². The average Bonchev–Trinajstić information content (AvgIpc) is 3.40. The highest BCUT2D eigenvalue weighted by molar-refractivity contribution is 7.13. The zero-order chi connectivity index (χ0) is 24.9. The van der Waals surface area contributed by atoms with Gasteiger partial charge in [-0.1, -0.05) is 24.3 Å². The smallest absolute Gasteiger partial charge is 0.274 e. The van der Waals surface area contributed by atoms with Crippen molar-refractivity contribution in [2.75, 3.05) is 12.4 Å². The summed E-state index contributed by atoms with van der Waals surface area (Å²) < 4.78 is 5.17. The van der Waals surface area contributed by atoms with Gasteiger partial charge in [0.1, 0.15) is 22.3 Å². The van der Waals surface area contributed by atoms with Crippen LogP contribution >= 0.6 is 11.3 Å². The number of aromatic amines is 1. The normalized spacial score (nSPS) is 10.7. The summed E-state index contributed by atoms with van der Waals surface area (Å²) in [5, 5.41) is 5.70. The van der Waals surface area contributed by atoms with Crippen molar-refractivity contribution in [3.63, 3.8) is 0 Å². The first-order valence-electron chi connectivity index (χ1n) is 11.1. The lowest BCUT2D eigenvalue weighted by Crippen LogP contribution is -2.20. The highest BCUT2D eigenvalue weighted by atomic mass is 32.1. The molecule has 0 bridgehead atoms. The molecule has 9 heteroatoms. The molecule has 2 N–H and O–H groups in total. The van der Waals surface area contributed by atoms with Crippen LogP contribution < -0.4 is 15.6 Å². The summed E-state index contributed by atoms with van der Waals surface area (Å²) in [6.45, 7) is 0. The van der Waals surface area contributed by atoms with E-state index < -0.39 is 11.5 Å². The number of methoxy groups -OCH3 is 1. The number of hydrogen-bond donors (Lipinski definition) is 2. The van der Waals surface area contributed by atoms with Crippen molar-refractivity contribution in [1.29, 1.82) is 0 Å². The summed E-state index contributed by atoms with van der Waals surface area (Å²) in [6, 6.07) is 19.9. The Morgan fingerprint density at radius 3 is 2.58 bits per heavy atom. The molecule has 5 aromatic rings. The SMILES string of the molecule is COc1ccc(Cc2nc(C(=O)Nc3cccc(-c4csc(-c5ccncc5)n4)c3)cc(=O)[nH]2)cc1. The molecular formula is C27H21N5O3S. The number of rotatable bonds is 7. The Bertz CT molecular complexity index is 1560. The first-order valence-corrected chi connectivity index (χ1v) is 12.0. The second-order valence-electron chi connectivity index (χ2n) is 7.91. The number of amides is 1. The van der Waals surface area contributed by atoms with Gasteiger partial charge < -0.3 is 15.0 Å². The first kappa shape index (κ1) is 23.1. The van der Waals surface area contributed by atoms with Gasteiger partial charge in [0, 0.05) is 47.1 Å². The number of carbonyl (C=O) groups excluding carboxylic acids is 1. The van der Waals surface area contributed by atoms with Crippen molar-refractivity contribution in [3.8, 4) is 27.6 Å². The molecule has 0 aliphatic carbocycles. The standard InChI is InChI=1S/C27H21N5O3S/c1-35-21-7-5-17(6-8-21)13-24-30-22(15-25(33)32-24)26(34)29-20-4-2-3-19(14-20)23-16-36-27(31-23)18-9-11-28-12-10-18/h2-12,14-16H,13H2,1H3,(H,29,34)(H,30,32,33). The van der Waals surface area contributed by atoms with Crippen LogP contribution in [0.15, 0.2) is 89.3 Å². The number of hydrogen-bond acceptors (Lipinski definition) is 7. The molecule has 1 amide bonds. The number of nitrogens with zero attached hydrogens (tertiary/aromatic N) is 3. The predicted molar refractivity (Wildman–Crippen MR) is 139 cm³/mol. The molecule has 3 heterocycles. The summed E-state index contributed by atoms with van der Waals surface area (Å²) >= 11 is 1.54. The quantitative estimate of drug-likeness (QED) is 0.335. The number of benzene rings is 2. The van der Waals surface area contributed by atoms with Gasteiger partial charge in [0.25, 0.3) is 11.5 Å². The molecule has 3 aromatic heterocycles. The summed E-state index contributed by atoms with van der Waals surface area (Å²) in [6.07, 6.45) is 3.84. The summed E-state index contributed by atoms with van der Waals surface area (Å²) in [5.74, 6) is 0.671. The van der Waals surface area contributed by atoms with Crippen LogP contribution in [0.5, 0.6) is 5.75 Å². The second kappa shape index (κ2) is 10.3. The minimum Gasteiger partial charge on any atom is -0.497 e. The number of ether oxygens (including phenoxy) is 1. The lowest BCUT2D eigenvalue weighted by Gasteiger charge is -2.08. The van der Waals surface area contributed by atoms with Gasteiger partial charge in [0.15, 0.2) is 0 Å². The van der Waals surface area contributed by atoms with Crippen LogP contribution in [0.4, 0.5) is 5.69 Å². The van der Waals surface area contributed by atoms with Crippen LogP contribution in [0.3, 0.4) is 0 Å². The van der Waals surface area contributed by atoms with E-state index in [2.05, 4.69) is 20.3 Å².